The van der Waals surface area contributed by atoms with Crippen LogP contribution in [0.4, 0.5) is 14.5 Å². The number of hydrogen-bond donors (Lipinski definition) is 1. The highest BCUT2D eigenvalue weighted by molar-refractivity contribution is 6.01. The second-order valence-corrected chi connectivity index (χ2v) is 7.94. The molecular weight excluding hydrogens is 444 g/mol. The summed E-state index contributed by atoms with van der Waals surface area (Å²) in [6.45, 7) is 1.60. The highest BCUT2D eigenvalue weighted by Gasteiger charge is 2.33. The Labute approximate surface area is 193 Å². The standard InChI is InChI=1S/C25H19F2N3O4/c1-14-25(32)30(13-15-6-18(26)10-19(27)7-15)21-9-17(11-29-24(21)33-14)23(31)28-12-20-8-16-4-2-3-5-22(16)34-20/h2-11,14H,12-13H2,1H3,(H,28,31)/t14-/m0/s1. The Morgan fingerprint density at radius 2 is 1.88 bits per heavy atom. The highest BCUT2D eigenvalue weighted by atomic mass is 19.1. The zero-order valence-corrected chi connectivity index (χ0v) is 18.0. The van der Waals surface area contributed by atoms with Crippen molar-refractivity contribution in [2.24, 2.45) is 0 Å². The fourth-order valence-electron chi connectivity index (χ4n) is 3.85. The molecule has 0 saturated carbocycles. The smallest absolute Gasteiger partial charge is 0.268 e. The minimum Gasteiger partial charge on any atom is -0.463 e. The molecule has 1 aliphatic heterocycles. The van der Waals surface area contributed by atoms with E-state index < -0.39 is 29.6 Å². The number of halogens is 2. The molecule has 0 spiro atoms. The maximum Gasteiger partial charge on any atom is 0.268 e. The van der Waals surface area contributed by atoms with Gasteiger partial charge in [-0.15, -0.1) is 0 Å². The zero-order chi connectivity index (χ0) is 23.8. The molecule has 4 aromatic rings. The molecule has 1 aliphatic rings. The molecule has 1 N–H and O–H groups in total. The van der Waals surface area contributed by atoms with Crippen LogP contribution in [0.2, 0.25) is 0 Å². The second kappa shape index (κ2) is 8.58. The first-order chi connectivity index (χ1) is 16.4. The largest absolute Gasteiger partial charge is 0.463 e. The van der Waals surface area contributed by atoms with Crippen molar-refractivity contribution in [3.8, 4) is 5.88 Å². The van der Waals surface area contributed by atoms with E-state index in [2.05, 4.69) is 10.3 Å². The Bertz CT molecular complexity index is 1370. The zero-order valence-electron chi connectivity index (χ0n) is 18.0. The summed E-state index contributed by atoms with van der Waals surface area (Å²) in [5.41, 5.74) is 1.41. The Morgan fingerprint density at radius 1 is 1.12 bits per heavy atom. The third-order valence-corrected chi connectivity index (χ3v) is 5.45. The minimum atomic E-state index is -0.842. The molecule has 2 amide bonds. The Balaban J connectivity index is 1.38. The lowest BCUT2D eigenvalue weighted by Crippen LogP contribution is -2.44. The molecule has 34 heavy (non-hydrogen) atoms. The molecule has 2 aromatic heterocycles. The van der Waals surface area contributed by atoms with Crippen molar-refractivity contribution in [3.63, 3.8) is 0 Å². The fraction of sp³-hybridized carbons (Fsp3) is 0.160. The third kappa shape index (κ3) is 4.19. The second-order valence-electron chi connectivity index (χ2n) is 7.94. The lowest BCUT2D eigenvalue weighted by molar-refractivity contribution is -0.125. The van der Waals surface area contributed by atoms with Crippen molar-refractivity contribution in [1.29, 1.82) is 0 Å². The van der Waals surface area contributed by atoms with Crippen LogP contribution < -0.4 is 15.0 Å². The van der Waals surface area contributed by atoms with E-state index in [0.29, 0.717) is 5.76 Å². The van der Waals surface area contributed by atoms with Crippen molar-refractivity contribution < 1.29 is 27.5 Å². The monoisotopic (exact) mass is 463 g/mol. The number of pyridine rings is 1. The molecule has 9 heteroatoms. The van der Waals surface area contributed by atoms with E-state index in [0.717, 1.165) is 29.2 Å². The van der Waals surface area contributed by atoms with Gasteiger partial charge in [0.1, 0.15) is 28.7 Å². The summed E-state index contributed by atoms with van der Waals surface area (Å²) in [5, 5.41) is 3.69. The summed E-state index contributed by atoms with van der Waals surface area (Å²) in [4.78, 5) is 31.1. The molecule has 172 valence electrons. The predicted octanol–water partition coefficient (Wildman–Crippen LogP) is 4.35. The highest BCUT2D eigenvalue weighted by Crippen LogP contribution is 2.34. The molecule has 0 bridgehead atoms. The van der Waals surface area contributed by atoms with Crippen molar-refractivity contribution in [3.05, 3.63) is 89.3 Å². The van der Waals surface area contributed by atoms with Gasteiger partial charge in [0.2, 0.25) is 5.88 Å². The quantitative estimate of drug-likeness (QED) is 0.476. The van der Waals surface area contributed by atoms with Gasteiger partial charge < -0.3 is 14.5 Å². The van der Waals surface area contributed by atoms with Crippen LogP contribution >= 0.6 is 0 Å². The third-order valence-electron chi connectivity index (χ3n) is 5.45. The number of amides is 2. The van der Waals surface area contributed by atoms with E-state index in [9.17, 15) is 18.4 Å². The van der Waals surface area contributed by atoms with E-state index >= 15 is 0 Å². The molecule has 0 unspecified atom stereocenters. The number of benzene rings is 2. The van der Waals surface area contributed by atoms with Crippen LogP contribution in [0.1, 0.15) is 28.6 Å². The molecule has 3 heterocycles. The summed E-state index contributed by atoms with van der Waals surface area (Å²) in [6.07, 6.45) is 0.501. The molecule has 1 atom stereocenters. The molecule has 0 radical (unpaired) electrons. The van der Waals surface area contributed by atoms with Crippen molar-refractivity contribution in [2.45, 2.75) is 26.1 Å². The maximum atomic E-state index is 13.7. The van der Waals surface area contributed by atoms with Gasteiger partial charge in [0.05, 0.1) is 18.7 Å². The first-order valence-electron chi connectivity index (χ1n) is 10.6. The lowest BCUT2D eigenvalue weighted by atomic mass is 10.1. The lowest BCUT2D eigenvalue weighted by Gasteiger charge is -2.32. The van der Waals surface area contributed by atoms with Crippen molar-refractivity contribution >= 4 is 28.5 Å². The normalized spacial score (nSPS) is 15.2. The number of nitrogens with zero attached hydrogens (tertiary/aromatic N) is 2. The number of anilines is 1. The van der Waals surface area contributed by atoms with Gasteiger partial charge in [-0.25, -0.2) is 13.8 Å². The van der Waals surface area contributed by atoms with E-state index in [-0.39, 0.29) is 35.8 Å². The Morgan fingerprint density at radius 3 is 2.65 bits per heavy atom. The van der Waals surface area contributed by atoms with Crippen molar-refractivity contribution in [1.82, 2.24) is 10.3 Å². The molecule has 7 nitrogen and oxygen atoms in total. The topological polar surface area (TPSA) is 84.7 Å². The summed E-state index contributed by atoms with van der Waals surface area (Å²) in [7, 11) is 0. The van der Waals surface area contributed by atoms with Gasteiger partial charge in [-0.2, -0.15) is 0 Å². The Kier molecular flexibility index (Phi) is 5.45. The summed E-state index contributed by atoms with van der Waals surface area (Å²) < 4.78 is 38.6. The summed E-state index contributed by atoms with van der Waals surface area (Å²) in [6, 6.07) is 13.9. The van der Waals surface area contributed by atoms with Crippen LogP contribution in [0, 0.1) is 11.6 Å². The predicted molar refractivity (Wildman–Crippen MR) is 119 cm³/mol. The number of furan rings is 1. The van der Waals surface area contributed by atoms with Crippen LogP contribution in [0.3, 0.4) is 0 Å². The van der Waals surface area contributed by atoms with Gasteiger partial charge in [-0.05, 0) is 42.8 Å². The first kappa shape index (κ1) is 21.6. The number of para-hydroxylation sites is 1. The number of rotatable bonds is 5. The fourth-order valence-corrected chi connectivity index (χ4v) is 3.85. The van der Waals surface area contributed by atoms with E-state index in [4.69, 9.17) is 9.15 Å². The van der Waals surface area contributed by atoms with E-state index in [1.165, 1.54) is 17.2 Å². The number of hydrogen-bond acceptors (Lipinski definition) is 5. The van der Waals surface area contributed by atoms with Crippen LogP contribution in [-0.4, -0.2) is 22.9 Å². The number of carbonyl (C=O) groups excluding carboxylic acids is 2. The van der Waals surface area contributed by atoms with Crippen LogP contribution in [0.15, 0.2) is 65.2 Å². The number of aromatic nitrogens is 1. The molecule has 5 rings (SSSR count). The van der Waals surface area contributed by atoms with Crippen molar-refractivity contribution in [2.75, 3.05) is 4.90 Å². The summed E-state index contributed by atoms with van der Waals surface area (Å²) >= 11 is 0. The van der Waals surface area contributed by atoms with Gasteiger partial charge in [0.15, 0.2) is 6.10 Å². The molecule has 0 aliphatic carbocycles. The molecule has 0 saturated heterocycles. The minimum absolute atomic E-state index is 0.111. The number of nitrogens with one attached hydrogen (secondary N) is 1. The van der Waals surface area contributed by atoms with Crippen LogP contribution in [0.5, 0.6) is 5.88 Å². The number of fused-ring (bicyclic) bond motifs is 2. The maximum absolute atomic E-state index is 13.7. The SMILES string of the molecule is C[C@@H]1Oc2ncc(C(=O)NCc3cc4ccccc4o3)cc2N(Cc2cc(F)cc(F)c2)C1=O. The molecular formula is C25H19F2N3O4. The van der Waals surface area contributed by atoms with Gasteiger partial charge in [-0.1, -0.05) is 18.2 Å². The number of ether oxygens (including phenoxy) is 1. The number of carbonyl (C=O) groups is 2. The van der Waals surface area contributed by atoms with Crippen LogP contribution in [0.25, 0.3) is 11.0 Å². The average molecular weight is 463 g/mol. The van der Waals surface area contributed by atoms with Gasteiger partial charge in [0.25, 0.3) is 11.8 Å². The molecule has 2 aromatic carbocycles. The summed E-state index contributed by atoms with van der Waals surface area (Å²) in [5.74, 6) is -1.61. The van der Waals surface area contributed by atoms with Gasteiger partial charge in [0, 0.05) is 17.6 Å². The van der Waals surface area contributed by atoms with Crippen LogP contribution in [-0.2, 0) is 17.9 Å². The molecule has 0 fully saturated rings. The Hall–Kier alpha value is -4.27. The first-order valence-corrected chi connectivity index (χ1v) is 10.6. The van der Waals surface area contributed by atoms with Gasteiger partial charge >= 0.3 is 0 Å². The van der Waals surface area contributed by atoms with Gasteiger partial charge in [-0.3, -0.25) is 14.5 Å². The van der Waals surface area contributed by atoms with E-state index in [1.807, 2.05) is 30.3 Å². The average Bonchev–Trinajstić information content (AvgIpc) is 3.23. The van der Waals surface area contributed by atoms with E-state index in [1.54, 1.807) is 6.92 Å².